The van der Waals surface area contributed by atoms with Crippen molar-refractivity contribution < 1.29 is 4.39 Å². The largest absolute Gasteiger partial charge is 0.354 e. The summed E-state index contributed by atoms with van der Waals surface area (Å²) in [6, 6.07) is 3.89. The molecule has 1 aliphatic heterocycles. The summed E-state index contributed by atoms with van der Waals surface area (Å²) in [5.41, 5.74) is 1.89. The van der Waals surface area contributed by atoms with Crippen LogP contribution in [0.4, 0.5) is 10.2 Å². The quantitative estimate of drug-likeness (QED) is 0.866. The Kier molecular flexibility index (Phi) is 3.91. The van der Waals surface area contributed by atoms with E-state index in [0.717, 1.165) is 32.0 Å². The smallest absolute Gasteiger partial charge is 0.145 e. The summed E-state index contributed by atoms with van der Waals surface area (Å²) in [5, 5.41) is 0. The van der Waals surface area contributed by atoms with Crippen molar-refractivity contribution in [2.45, 2.75) is 25.3 Å². The van der Waals surface area contributed by atoms with Crippen molar-refractivity contribution in [1.29, 1.82) is 0 Å². The van der Waals surface area contributed by atoms with Gasteiger partial charge in [-0.25, -0.2) is 14.4 Å². The lowest BCUT2D eigenvalue weighted by Crippen LogP contribution is -2.46. The van der Waals surface area contributed by atoms with Gasteiger partial charge in [0.15, 0.2) is 0 Å². The van der Waals surface area contributed by atoms with Crippen LogP contribution in [-0.4, -0.2) is 46.0 Å². The molecule has 120 valence electrons. The van der Waals surface area contributed by atoms with Crippen LogP contribution in [0.1, 0.15) is 30.0 Å². The summed E-state index contributed by atoms with van der Waals surface area (Å²) in [6.45, 7) is 4.27. The van der Waals surface area contributed by atoms with E-state index in [4.69, 9.17) is 0 Å². The highest BCUT2D eigenvalue weighted by Crippen LogP contribution is 2.39. The second-order valence-electron chi connectivity index (χ2n) is 6.31. The predicted molar refractivity (Wildman–Crippen MR) is 85.7 cm³/mol. The summed E-state index contributed by atoms with van der Waals surface area (Å²) in [4.78, 5) is 17.2. The molecule has 4 rings (SSSR count). The molecule has 0 aromatic carbocycles. The highest BCUT2D eigenvalue weighted by molar-refractivity contribution is 5.41. The Morgan fingerprint density at radius 1 is 1.13 bits per heavy atom. The first kappa shape index (κ1) is 14.5. The third-order valence-electron chi connectivity index (χ3n) is 4.62. The van der Waals surface area contributed by atoms with E-state index in [-0.39, 0.29) is 5.82 Å². The molecular formula is C17H20FN5. The Balaban J connectivity index is 1.37. The monoisotopic (exact) mass is 313 g/mol. The summed E-state index contributed by atoms with van der Waals surface area (Å²) in [5.74, 6) is 1.45. The van der Waals surface area contributed by atoms with Crippen molar-refractivity contribution in [1.82, 2.24) is 19.9 Å². The van der Waals surface area contributed by atoms with Crippen LogP contribution in [0.2, 0.25) is 0 Å². The Morgan fingerprint density at radius 3 is 2.70 bits per heavy atom. The van der Waals surface area contributed by atoms with Gasteiger partial charge in [0.25, 0.3) is 0 Å². The van der Waals surface area contributed by atoms with Crippen molar-refractivity contribution in [3.05, 3.63) is 47.9 Å². The highest BCUT2D eigenvalue weighted by atomic mass is 19.1. The molecule has 0 atom stereocenters. The van der Waals surface area contributed by atoms with Crippen LogP contribution in [-0.2, 0) is 6.54 Å². The third-order valence-corrected chi connectivity index (χ3v) is 4.62. The van der Waals surface area contributed by atoms with Gasteiger partial charge in [-0.2, -0.15) is 0 Å². The second-order valence-corrected chi connectivity index (χ2v) is 6.31. The van der Waals surface area contributed by atoms with Crippen LogP contribution >= 0.6 is 0 Å². The van der Waals surface area contributed by atoms with Crippen molar-refractivity contribution in [2.24, 2.45) is 0 Å². The molecule has 2 aliphatic rings. The van der Waals surface area contributed by atoms with Gasteiger partial charge in [-0.3, -0.25) is 9.88 Å². The van der Waals surface area contributed by atoms with E-state index < -0.39 is 0 Å². The molecule has 23 heavy (non-hydrogen) atoms. The van der Waals surface area contributed by atoms with E-state index in [0.29, 0.717) is 18.0 Å². The average Bonchev–Trinajstić information content (AvgIpc) is 3.43. The lowest BCUT2D eigenvalue weighted by molar-refractivity contribution is 0.246. The van der Waals surface area contributed by atoms with E-state index in [1.165, 1.54) is 24.7 Å². The van der Waals surface area contributed by atoms with Gasteiger partial charge in [0.2, 0.25) is 0 Å². The lowest BCUT2D eigenvalue weighted by Gasteiger charge is -2.35. The molecule has 0 radical (unpaired) electrons. The first-order valence-corrected chi connectivity index (χ1v) is 8.17. The summed E-state index contributed by atoms with van der Waals surface area (Å²) >= 11 is 0. The topological polar surface area (TPSA) is 45.2 Å². The zero-order valence-corrected chi connectivity index (χ0v) is 13.0. The van der Waals surface area contributed by atoms with Gasteiger partial charge in [0.05, 0.1) is 6.20 Å². The maximum atomic E-state index is 13.7. The summed E-state index contributed by atoms with van der Waals surface area (Å²) in [6.07, 6.45) is 7.12. The number of rotatable bonds is 4. The Bertz CT molecular complexity index is 680. The molecule has 0 N–H and O–H groups in total. The molecule has 0 unspecified atom stereocenters. The molecule has 2 aromatic rings. The van der Waals surface area contributed by atoms with E-state index >= 15 is 0 Å². The fourth-order valence-electron chi connectivity index (χ4n) is 3.05. The van der Waals surface area contributed by atoms with Gasteiger partial charge in [0, 0.05) is 62.2 Å². The second kappa shape index (κ2) is 6.20. The number of anilines is 1. The Labute approximate surface area is 135 Å². The molecule has 6 heteroatoms. The molecule has 0 amide bonds. The first-order chi connectivity index (χ1) is 11.3. The molecule has 5 nitrogen and oxygen atoms in total. The van der Waals surface area contributed by atoms with Crippen LogP contribution < -0.4 is 4.90 Å². The Morgan fingerprint density at radius 2 is 1.96 bits per heavy atom. The lowest BCUT2D eigenvalue weighted by atomic mass is 10.2. The number of nitrogens with zero attached hydrogens (tertiary/aromatic N) is 5. The number of aromatic nitrogens is 3. The van der Waals surface area contributed by atoms with Crippen molar-refractivity contribution in [2.75, 3.05) is 31.1 Å². The molecule has 0 bridgehead atoms. The fraction of sp³-hybridized carbons (Fsp3) is 0.471. The van der Waals surface area contributed by atoms with Gasteiger partial charge in [0.1, 0.15) is 18.0 Å². The maximum absolute atomic E-state index is 13.7. The number of pyridine rings is 1. The predicted octanol–water partition coefficient (Wildman–Crippen LogP) is 2.21. The van der Waals surface area contributed by atoms with Gasteiger partial charge in [-0.1, -0.05) is 0 Å². The minimum atomic E-state index is -0.222. The van der Waals surface area contributed by atoms with Crippen LogP contribution in [0.25, 0.3) is 0 Å². The summed E-state index contributed by atoms with van der Waals surface area (Å²) in [7, 11) is 0. The highest BCUT2D eigenvalue weighted by Gasteiger charge is 2.26. The van der Waals surface area contributed by atoms with Gasteiger partial charge in [-0.15, -0.1) is 0 Å². The molecule has 2 fully saturated rings. The number of hydrogen-bond acceptors (Lipinski definition) is 5. The molecule has 1 saturated heterocycles. The van der Waals surface area contributed by atoms with Crippen LogP contribution in [0, 0.1) is 5.82 Å². The van der Waals surface area contributed by atoms with Crippen molar-refractivity contribution in [3.8, 4) is 0 Å². The van der Waals surface area contributed by atoms with Gasteiger partial charge in [-0.05, 0) is 18.9 Å². The number of hydrogen-bond donors (Lipinski definition) is 0. The number of halogens is 1. The maximum Gasteiger partial charge on any atom is 0.145 e. The van der Waals surface area contributed by atoms with E-state index in [2.05, 4.69) is 30.8 Å². The van der Waals surface area contributed by atoms with E-state index in [9.17, 15) is 4.39 Å². The standard InChI is InChI=1S/C17H20FN5/c18-15-10-19-4-3-14(15)11-22-5-7-23(8-6-22)17-9-16(13-1-2-13)20-12-21-17/h3-4,9-10,12-13H,1-2,5-8,11H2. The van der Waals surface area contributed by atoms with Crippen molar-refractivity contribution in [3.63, 3.8) is 0 Å². The minimum absolute atomic E-state index is 0.222. The molecule has 2 aromatic heterocycles. The normalized spacial score (nSPS) is 19.1. The van der Waals surface area contributed by atoms with Crippen LogP contribution in [0.3, 0.4) is 0 Å². The molecule has 1 aliphatic carbocycles. The first-order valence-electron chi connectivity index (χ1n) is 8.17. The van der Waals surface area contributed by atoms with Crippen LogP contribution in [0.5, 0.6) is 0 Å². The van der Waals surface area contributed by atoms with Gasteiger partial charge >= 0.3 is 0 Å². The molecule has 0 spiro atoms. The minimum Gasteiger partial charge on any atom is -0.354 e. The molecule has 3 heterocycles. The van der Waals surface area contributed by atoms with Gasteiger partial charge < -0.3 is 4.90 Å². The van der Waals surface area contributed by atoms with E-state index in [1.807, 2.05) is 0 Å². The number of piperazine rings is 1. The van der Waals surface area contributed by atoms with E-state index in [1.54, 1.807) is 18.6 Å². The zero-order chi connectivity index (χ0) is 15.6. The summed E-state index contributed by atoms with van der Waals surface area (Å²) < 4.78 is 13.7. The SMILES string of the molecule is Fc1cnccc1CN1CCN(c2cc(C3CC3)ncn2)CC1. The van der Waals surface area contributed by atoms with Crippen LogP contribution in [0.15, 0.2) is 30.9 Å². The van der Waals surface area contributed by atoms with Crippen molar-refractivity contribution >= 4 is 5.82 Å². The average molecular weight is 313 g/mol. The molecule has 1 saturated carbocycles. The zero-order valence-electron chi connectivity index (χ0n) is 13.0. The third kappa shape index (κ3) is 3.32. The fourth-order valence-corrected chi connectivity index (χ4v) is 3.05. The molecular weight excluding hydrogens is 293 g/mol. The Hall–Kier alpha value is -2.08.